The van der Waals surface area contributed by atoms with E-state index in [4.69, 9.17) is 9.47 Å². The molecule has 164 valence electrons. The van der Waals surface area contributed by atoms with Crippen LogP contribution in [0.3, 0.4) is 0 Å². The van der Waals surface area contributed by atoms with Gasteiger partial charge in [0.2, 0.25) is 11.6 Å². The van der Waals surface area contributed by atoms with E-state index in [0.29, 0.717) is 11.1 Å². The molecule has 10 nitrogen and oxygen atoms in total. The molecule has 0 saturated heterocycles. The molecule has 0 fully saturated rings. The number of esters is 1. The first kappa shape index (κ1) is 22.1. The molecule has 1 aliphatic rings. The first-order chi connectivity index (χ1) is 15.8. The number of nitrogens with zero attached hydrogens (tertiary/aromatic N) is 3. The highest BCUT2D eigenvalue weighted by molar-refractivity contribution is 14.1. The second kappa shape index (κ2) is 9.16. The van der Waals surface area contributed by atoms with E-state index >= 15 is 0 Å². The normalized spacial score (nSPS) is 14.0. The molecule has 3 aromatic carbocycles. The quantitative estimate of drug-likeness (QED) is 0.133. The summed E-state index contributed by atoms with van der Waals surface area (Å²) in [6.07, 6.45) is 1.50. The Labute approximate surface area is 199 Å². The number of hydrogen-bond donors (Lipinski definition) is 0. The standard InChI is InChI=1S/C22H12IN3O7/c23-15-5-2-4-14(11-15)21-24-18(22(27)33-21)10-13-3-1-6-17(9-13)32-20-8-7-16(25(28)29)12-19(20)26(30)31/h1-12H. The molecule has 3 aromatic rings. The Morgan fingerprint density at radius 2 is 1.76 bits per heavy atom. The molecule has 0 spiro atoms. The van der Waals surface area contributed by atoms with Gasteiger partial charge in [0.05, 0.1) is 15.9 Å². The lowest BCUT2D eigenvalue weighted by atomic mass is 10.2. The average molecular weight is 557 g/mol. The van der Waals surface area contributed by atoms with Gasteiger partial charge in [-0.25, -0.2) is 9.79 Å². The number of nitro groups is 2. The second-order valence-corrected chi connectivity index (χ2v) is 7.93. The molecule has 0 N–H and O–H groups in total. The molecule has 0 unspecified atom stereocenters. The van der Waals surface area contributed by atoms with E-state index in [1.165, 1.54) is 6.08 Å². The smallest absolute Gasteiger partial charge is 0.363 e. The van der Waals surface area contributed by atoms with E-state index in [1.54, 1.807) is 30.3 Å². The van der Waals surface area contributed by atoms with Crippen LogP contribution in [0, 0.1) is 23.8 Å². The minimum Gasteiger partial charge on any atom is -0.450 e. The van der Waals surface area contributed by atoms with Gasteiger partial charge in [0.15, 0.2) is 5.70 Å². The highest BCUT2D eigenvalue weighted by atomic mass is 127. The van der Waals surface area contributed by atoms with Gasteiger partial charge in [-0.2, -0.15) is 0 Å². The van der Waals surface area contributed by atoms with E-state index in [2.05, 4.69) is 27.6 Å². The fourth-order valence-corrected chi connectivity index (χ4v) is 3.50. The predicted octanol–water partition coefficient (Wildman–Crippen LogP) is 5.24. The van der Waals surface area contributed by atoms with Crippen molar-refractivity contribution >= 4 is 51.9 Å². The number of cyclic esters (lactones) is 1. The summed E-state index contributed by atoms with van der Waals surface area (Å²) in [7, 11) is 0. The number of aliphatic imine (C=N–C) groups is 1. The topological polar surface area (TPSA) is 134 Å². The molecule has 0 radical (unpaired) electrons. The van der Waals surface area contributed by atoms with Crippen LogP contribution < -0.4 is 4.74 Å². The van der Waals surface area contributed by atoms with E-state index in [9.17, 15) is 25.0 Å². The van der Waals surface area contributed by atoms with Crippen LogP contribution >= 0.6 is 22.6 Å². The third-order valence-electron chi connectivity index (χ3n) is 4.43. The fourth-order valence-electron chi connectivity index (χ4n) is 2.96. The monoisotopic (exact) mass is 557 g/mol. The van der Waals surface area contributed by atoms with Crippen LogP contribution in [0.5, 0.6) is 11.5 Å². The maximum Gasteiger partial charge on any atom is 0.363 e. The minimum atomic E-state index is -0.760. The summed E-state index contributed by atoms with van der Waals surface area (Å²) in [5.74, 6) is -0.344. The Morgan fingerprint density at radius 3 is 2.48 bits per heavy atom. The SMILES string of the molecule is O=C1OC(c2cccc(I)c2)=NC1=Cc1cccc(Oc2ccc([N+](=O)[O-])cc2[N+](=O)[O-])c1. The Hall–Kier alpha value is -4.13. The maximum absolute atomic E-state index is 12.3. The van der Waals surface area contributed by atoms with E-state index in [-0.39, 0.29) is 23.1 Å². The zero-order chi connectivity index (χ0) is 23.5. The molecule has 4 rings (SSSR count). The lowest BCUT2D eigenvalue weighted by Gasteiger charge is -2.07. The summed E-state index contributed by atoms with van der Waals surface area (Å²) in [6, 6.07) is 16.9. The number of rotatable bonds is 6. The Bertz CT molecular complexity index is 1370. The number of carbonyl (C=O) groups excluding carboxylic acids is 1. The fraction of sp³-hybridized carbons (Fsp3) is 0. The Morgan fingerprint density at radius 1 is 0.970 bits per heavy atom. The molecule has 33 heavy (non-hydrogen) atoms. The van der Waals surface area contributed by atoms with Gasteiger partial charge in [-0.3, -0.25) is 20.2 Å². The zero-order valence-corrected chi connectivity index (χ0v) is 18.7. The van der Waals surface area contributed by atoms with Gasteiger partial charge in [-0.15, -0.1) is 0 Å². The van der Waals surface area contributed by atoms with Crippen molar-refractivity contribution in [1.29, 1.82) is 0 Å². The number of hydrogen-bond acceptors (Lipinski definition) is 8. The van der Waals surface area contributed by atoms with Crippen molar-refractivity contribution in [2.24, 2.45) is 4.99 Å². The van der Waals surface area contributed by atoms with Crippen molar-refractivity contribution in [3.05, 3.63) is 107 Å². The number of nitro benzene ring substituents is 2. The number of ether oxygens (including phenoxy) is 2. The van der Waals surface area contributed by atoms with Crippen molar-refractivity contribution < 1.29 is 24.1 Å². The van der Waals surface area contributed by atoms with Crippen LogP contribution in [0.4, 0.5) is 11.4 Å². The summed E-state index contributed by atoms with van der Waals surface area (Å²) in [5.41, 5.74) is 0.327. The second-order valence-electron chi connectivity index (χ2n) is 6.69. The lowest BCUT2D eigenvalue weighted by molar-refractivity contribution is -0.394. The largest absolute Gasteiger partial charge is 0.450 e. The van der Waals surface area contributed by atoms with Crippen molar-refractivity contribution in [1.82, 2.24) is 0 Å². The highest BCUT2D eigenvalue weighted by Crippen LogP contribution is 2.34. The third kappa shape index (κ3) is 5.03. The number of non-ortho nitro benzene ring substituents is 1. The minimum absolute atomic E-state index is 0.0855. The molecule has 1 aliphatic heterocycles. The van der Waals surface area contributed by atoms with Crippen LogP contribution in [0.1, 0.15) is 11.1 Å². The van der Waals surface area contributed by atoms with Gasteiger partial charge in [-0.05, 0) is 70.6 Å². The molecule has 11 heteroatoms. The molecular formula is C22H12IN3O7. The van der Waals surface area contributed by atoms with Crippen LogP contribution in [0.15, 0.2) is 77.4 Å². The van der Waals surface area contributed by atoms with Gasteiger partial charge in [-0.1, -0.05) is 18.2 Å². The van der Waals surface area contributed by atoms with Crippen molar-refractivity contribution in [2.45, 2.75) is 0 Å². The van der Waals surface area contributed by atoms with E-state index in [1.807, 2.05) is 18.2 Å². The Balaban J connectivity index is 1.61. The molecular weight excluding hydrogens is 545 g/mol. The average Bonchev–Trinajstić information content (AvgIpc) is 3.14. The molecule has 0 bridgehead atoms. The van der Waals surface area contributed by atoms with Crippen LogP contribution in [-0.4, -0.2) is 21.7 Å². The molecule has 1 heterocycles. The van der Waals surface area contributed by atoms with Crippen molar-refractivity contribution in [3.63, 3.8) is 0 Å². The summed E-state index contributed by atoms with van der Waals surface area (Å²) in [4.78, 5) is 37.3. The molecule has 0 aliphatic carbocycles. The number of halogens is 1. The van der Waals surface area contributed by atoms with Gasteiger partial charge < -0.3 is 9.47 Å². The number of carbonyl (C=O) groups is 1. The van der Waals surface area contributed by atoms with Crippen LogP contribution in [0.25, 0.3) is 6.08 Å². The molecule has 0 aromatic heterocycles. The van der Waals surface area contributed by atoms with E-state index in [0.717, 1.165) is 21.8 Å². The van der Waals surface area contributed by atoms with Gasteiger partial charge in [0.25, 0.3) is 5.69 Å². The highest BCUT2D eigenvalue weighted by Gasteiger charge is 2.25. The Kier molecular flexibility index (Phi) is 6.13. The van der Waals surface area contributed by atoms with Crippen LogP contribution in [-0.2, 0) is 9.53 Å². The molecule has 0 amide bonds. The lowest BCUT2D eigenvalue weighted by Crippen LogP contribution is -2.05. The van der Waals surface area contributed by atoms with E-state index < -0.39 is 27.2 Å². The summed E-state index contributed by atoms with van der Waals surface area (Å²) >= 11 is 2.15. The van der Waals surface area contributed by atoms with Crippen molar-refractivity contribution in [3.8, 4) is 11.5 Å². The number of benzene rings is 3. The summed E-state index contributed by atoms with van der Waals surface area (Å²) in [5, 5.41) is 22.2. The summed E-state index contributed by atoms with van der Waals surface area (Å²) < 4.78 is 11.8. The molecule has 0 atom stereocenters. The van der Waals surface area contributed by atoms with Crippen molar-refractivity contribution in [2.75, 3.05) is 0 Å². The molecule has 0 saturated carbocycles. The first-order valence-corrected chi connectivity index (χ1v) is 10.4. The van der Waals surface area contributed by atoms with Gasteiger partial charge in [0.1, 0.15) is 5.75 Å². The third-order valence-corrected chi connectivity index (χ3v) is 5.10. The summed E-state index contributed by atoms with van der Waals surface area (Å²) in [6.45, 7) is 0. The predicted molar refractivity (Wildman–Crippen MR) is 126 cm³/mol. The zero-order valence-electron chi connectivity index (χ0n) is 16.5. The maximum atomic E-state index is 12.3. The first-order valence-electron chi connectivity index (χ1n) is 9.29. The van der Waals surface area contributed by atoms with Gasteiger partial charge in [0, 0.05) is 15.2 Å². The van der Waals surface area contributed by atoms with Crippen LogP contribution in [0.2, 0.25) is 0 Å². The van der Waals surface area contributed by atoms with Gasteiger partial charge >= 0.3 is 11.7 Å².